The number of para-hydroxylation sites is 1. The summed E-state index contributed by atoms with van der Waals surface area (Å²) >= 11 is 0. The number of aromatic nitrogens is 3. The Kier molecular flexibility index (Phi) is 3.23. The monoisotopic (exact) mass is 283 g/mol. The predicted octanol–water partition coefficient (Wildman–Crippen LogP) is 2.43. The van der Waals surface area contributed by atoms with E-state index >= 15 is 0 Å². The predicted molar refractivity (Wildman–Crippen MR) is 79.3 cm³/mol. The summed E-state index contributed by atoms with van der Waals surface area (Å²) in [6, 6.07) is 9.85. The summed E-state index contributed by atoms with van der Waals surface area (Å²) in [6.45, 7) is 0.467. The highest BCUT2D eigenvalue weighted by molar-refractivity contribution is 5.81. The third-order valence-corrected chi connectivity index (χ3v) is 3.20. The van der Waals surface area contributed by atoms with Gasteiger partial charge in [-0.2, -0.15) is 0 Å². The van der Waals surface area contributed by atoms with E-state index in [1.807, 2.05) is 30.3 Å². The molecule has 21 heavy (non-hydrogen) atoms. The number of benzene rings is 1. The van der Waals surface area contributed by atoms with Crippen LogP contribution in [0, 0.1) is 10.1 Å². The summed E-state index contributed by atoms with van der Waals surface area (Å²) in [7, 11) is 1.80. The smallest absolute Gasteiger partial charge is 0.373 e. The summed E-state index contributed by atoms with van der Waals surface area (Å²) in [5, 5.41) is 14.8. The van der Waals surface area contributed by atoms with Crippen LogP contribution in [0.15, 0.2) is 42.9 Å². The minimum Gasteiger partial charge on any atom is -0.373 e. The minimum absolute atomic E-state index is 0.158. The normalized spacial score (nSPS) is 10.7. The fraction of sp³-hybridized carbons (Fsp3) is 0.143. The van der Waals surface area contributed by atoms with E-state index in [9.17, 15) is 10.1 Å². The third kappa shape index (κ3) is 2.53. The van der Waals surface area contributed by atoms with Gasteiger partial charge in [-0.15, -0.1) is 0 Å². The van der Waals surface area contributed by atoms with E-state index in [1.165, 1.54) is 12.5 Å². The van der Waals surface area contributed by atoms with Crippen LogP contribution < -0.4 is 5.32 Å². The van der Waals surface area contributed by atoms with E-state index in [1.54, 1.807) is 11.6 Å². The molecule has 106 valence electrons. The zero-order valence-electron chi connectivity index (χ0n) is 11.4. The molecule has 1 N–H and O–H groups in total. The lowest BCUT2D eigenvalue weighted by molar-refractivity contribution is -0.389. The molecule has 3 rings (SSSR count). The lowest BCUT2D eigenvalue weighted by atomic mass is 10.1. The van der Waals surface area contributed by atoms with Gasteiger partial charge in [0.1, 0.15) is 12.0 Å². The summed E-state index contributed by atoms with van der Waals surface area (Å²) in [6.07, 6.45) is 2.86. The molecule has 0 unspecified atom stereocenters. The second kappa shape index (κ2) is 5.20. The number of nitrogens with zero attached hydrogens (tertiary/aromatic N) is 4. The number of fused-ring (bicyclic) bond motifs is 1. The maximum absolute atomic E-state index is 10.7. The molecule has 0 atom stereocenters. The lowest BCUT2D eigenvalue weighted by Gasteiger charge is -2.10. The van der Waals surface area contributed by atoms with Gasteiger partial charge in [0.25, 0.3) is 0 Å². The number of anilines is 1. The molecule has 0 radical (unpaired) electrons. The average Bonchev–Trinajstić information content (AvgIpc) is 2.95. The van der Waals surface area contributed by atoms with Crippen LogP contribution in [0.4, 0.5) is 11.6 Å². The summed E-state index contributed by atoms with van der Waals surface area (Å²) in [4.78, 5) is 18.5. The van der Waals surface area contributed by atoms with E-state index in [0.717, 1.165) is 22.3 Å². The van der Waals surface area contributed by atoms with Crippen LogP contribution in [0.1, 0.15) is 5.56 Å². The molecular formula is C14H13N5O2. The van der Waals surface area contributed by atoms with Crippen LogP contribution in [0.3, 0.4) is 0 Å². The number of nitro groups is 1. The molecule has 0 spiro atoms. The Hall–Kier alpha value is -2.96. The molecule has 0 fully saturated rings. The van der Waals surface area contributed by atoms with Crippen molar-refractivity contribution in [1.82, 2.24) is 14.5 Å². The highest BCUT2D eigenvalue weighted by atomic mass is 16.6. The Morgan fingerprint density at radius 1 is 1.38 bits per heavy atom. The van der Waals surface area contributed by atoms with Gasteiger partial charge in [0.15, 0.2) is 0 Å². The highest BCUT2D eigenvalue weighted by Crippen LogP contribution is 2.21. The van der Waals surface area contributed by atoms with Gasteiger partial charge in [0.2, 0.25) is 6.33 Å². The Bertz CT molecular complexity index is 812. The number of hydrogen-bond donors (Lipinski definition) is 1. The SMILES string of the molecule is CNc1nc2ccccc2cc1Cn1cnc([N+](=O)[O-])c1. The first kappa shape index (κ1) is 13.0. The molecule has 0 amide bonds. The summed E-state index contributed by atoms with van der Waals surface area (Å²) in [5.74, 6) is 0.597. The van der Waals surface area contributed by atoms with Crippen molar-refractivity contribution in [3.63, 3.8) is 0 Å². The van der Waals surface area contributed by atoms with Crippen molar-refractivity contribution in [2.75, 3.05) is 12.4 Å². The maximum Gasteiger partial charge on any atom is 0.381 e. The Labute approximate surface area is 120 Å². The summed E-state index contributed by atoms with van der Waals surface area (Å²) < 4.78 is 1.67. The third-order valence-electron chi connectivity index (χ3n) is 3.20. The number of hydrogen-bond acceptors (Lipinski definition) is 5. The van der Waals surface area contributed by atoms with Crippen molar-refractivity contribution < 1.29 is 4.92 Å². The molecule has 2 heterocycles. The zero-order valence-corrected chi connectivity index (χ0v) is 11.4. The fourth-order valence-electron chi connectivity index (χ4n) is 2.22. The number of pyridine rings is 1. The van der Waals surface area contributed by atoms with Gasteiger partial charge >= 0.3 is 5.82 Å². The summed E-state index contributed by atoms with van der Waals surface area (Å²) in [5.41, 5.74) is 1.85. The van der Waals surface area contributed by atoms with Crippen molar-refractivity contribution >= 4 is 22.5 Å². The van der Waals surface area contributed by atoms with Crippen LogP contribution in [-0.4, -0.2) is 26.5 Å². The first-order chi connectivity index (χ1) is 10.2. The van der Waals surface area contributed by atoms with Gasteiger partial charge in [-0.3, -0.25) is 0 Å². The Balaban J connectivity index is 2.00. The van der Waals surface area contributed by atoms with Crippen LogP contribution in [0.25, 0.3) is 10.9 Å². The van der Waals surface area contributed by atoms with Crippen molar-refractivity contribution in [3.8, 4) is 0 Å². The molecule has 0 saturated carbocycles. The number of rotatable bonds is 4. The Morgan fingerprint density at radius 3 is 2.90 bits per heavy atom. The standard InChI is InChI=1S/C14H13N5O2/c1-15-14-11(6-10-4-2-3-5-12(10)17-14)7-18-8-13(16-9-18)19(20)21/h2-6,8-9H,7H2,1H3,(H,15,17). The van der Waals surface area contributed by atoms with Crippen LogP contribution in [-0.2, 0) is 6.54 Å². The van der Waals surface area contributed by atoms with Gasteiger partial charge in [-0.1, -0.05) is 18.2 Å². The van der Waals surface area contributed by atoms with Gasteiger partial charge in [0.05, 0.1) is 12.1 Å². The van der Waals surface area contributed by atoms with Crippen molar-refractivity contribution in [2.45, 2.75) is 6.54 Å². The molecule has 3 aromatic rings. The fourth-order valence-corrected chi connectivity index (χ4v) is 2.22. The van der Waals surface area contributed by atoms with Crippen LogP contribution in [0.5, 0.6) is 0 Å². The molecule has 0 aliphatic rings. The lowest BCUT2D eigenvalue weighted by Crippen LogP contribution is -2.04. The topological polar surface area (TPSA) is 85.9 Å². The first-order valence-corrected chi connectivity index (χ1v) is 6.40. The van der Waals surface area contributed by atoms with Crippen LogP contribution in [0.2, 0.25) is 0 Å². The maximum atomic E-state index is 10.7. The average molecular weight is 283 g/mol. The quantitative estimate of drug-likeness (QED) is 0.587. The van der Waals surface area contributed by atoms with E-state index in [-0.39, 0.29) is 5.82 Å². The van der Waals surface area contributed by atoms with Gasteiger partial charge in [0, 0.05) is 18.0 Å². The molecule has 0 bridgehead atoms. The molecule has 0 aliphatic heterocycles. The molecule has 7 nitrogen and oxygen atoms in total. The van der Waals surface area contributed by atoms with Crippen molar-refractivity contribution in [3.05, 3.63) is 58.5 Å². The minimum atomic E-state index is -0.506. The van der Waals surface area contributed by atoms with E-state index in [0.29, 0.717) is 6.54 Å². The van der Waals surface area contributed by atoms with E-state index < -0.39 is 4.92 Å². The molecule has 0 saturated heterocycles. The van der Waals surface area contributed by atoms with Crippen molar-refractivity contribution in [1.29, 1.82) is 0 Å². The number of imidazole rings is 1. The molecule has 2 aromatic heterocycles. The molecule has 0 aliphatic carbocycles. The van der Waals surface area contributed by atoms with E-state index in [4.69, 9.17) is 0 Å². The van der Waals surface area contributed by atoms with E-state index in [2.05, 4.69) is 15.3 Å². The molecular weight excluding hydrogens is 270 g/mol. The number of nitrogens with one attached hydrogen (secondary N) is 1. The van der Waals surface area contributed by atoms with Gasteiger partial charge < -0.3 is 20.0 Å². The molecule has 1 aromatic carbocycles. The van der Waals surface area contributed by atoms with Gasteiger partial charge in [-0.05, 0) is 22.0 Å². The largest absolute Gasteiger partial charge is 0.381 e. The molecule has 7 heteroatoms. The Morgan fingerprint density at radius 2 is 2.19 bits per heavy atom. The van der Waals surface area contributed by atoms with Crippen molar-refractivity contribution in [2.24, 2.45) is 0 Å². The highest BCUT2D eigenvalue weighted by Gasteiger charge is 2.12. The second-order valence-corrected chi connectivity index (χ2v) is 4.60. The van der Waals surface area contributed by atoms with Gasteiger partial charge in [-0.25, -0.2) is 4.98 Å². The van der Waals surface area contributed by atoms with Crippen LogP contribution >= 0.6 is 0 Å². The zero-order chi connectivity index (χ0) is 14.8. The first-order valence-electron chi connectivity index (χ1n) is 6.40. The second-order valence-electron chi connectivity index (χ2n) is 4.60.